The molecule has 0 aliphatic carbocycles. The fourth-order valence-electron chi connectivity index (χ4n) is 1.74. The monoisotopic (exact) mass is 221 g/mol. The van der Waals surface area contributed by atoms with E-state index in [9.17, 15) is 4.79 Å². The molecule has 0 bridgehead atoms. The second kappa shape index (κ2) is 4.63. The highest BCUT2D eigenvalue weighted by molar-refractivity contribution is 5.75. The molecule has 4 nitrogen and oxygen atoms in total. The molecule has 1 saturated heterocycles. The van der Waals surface area contributed by atoms with Gasteiger partial charge in [-0.3, -0.25) is 4.79 Å². The summed E-state index contributed by atoms with van der Waals surface area (Å²) in [4.78, 5) is 10.7. The normalized spacial score (nSPS) is 17.8. The van der Waals surface area contributed by atoms with Crippen LogP contribution >= 0.6 is 0 Å². The van der Waals surface area contributed by atoms with Crippen molar-refractivity contribution in [2.24, 2.45) is 11.7 Å². The molecule has 4 heteroatoms. The van der Waals surface area contributed by atoms with E-state index in [2.05, 4.69) is 0 Å². The van der Waals surface area contributed by atoms with Gasteiger partial charge < -0.3 is 15.6 Å². The van der Waals surface area contributed by atoms with Gasteiger partial charge >= 0.3 is 5.97 Å². The Labute approximate surface area is 94.0 Å². The molecule has 1 aromatic carbocycles. The van der Waals surface area contributed by atoms with Crippen LogP contribution in [0.5, 0.6) is 0 Å². The number of carboxylic acid groups (broad SMARTS) is 1. The third-order valence-corrected chi connectivity index (χ3v) is 2.84. The van der Waals surface area contributed by atoms with E-state index in [1.807, 2.05) is 12.1 Å². The van der Waals surface area contributed by atoms with Crippen LogP contribution in [0.1, 0.15) is 17.2 Å². The highest BCUT2D eigenvalue weighted by atomic mass is 16.5. The maximum absolute atomic E-state index is 10.7. The Morgan fingerprint density at radius 1 is 1.44 bits per heavy atom. The molecule has 0 amide bonds. The van der Waals surface area contributed by atoms with Crippen LogP contribution in [0.4, 0.5) is 0 Å². The van der Waals surface area contributed by atoms with E-state index in [1.54, 1.807) is 12.1 Å². The van der Waals surface area contributed by atoms with Gasteiger partial charge in [-0.2, -0.15) is 0 Å². The Bertz CT molecular complexity index is 370. The van der Waals surface area contributed by atoms with Gasteiger partial charge in [0.15, 0.2) is 0 Å². The first kappa shape index (κ1) is 11.1. The number of hydrogen-bond acceptors (Lipinski definition) is 3. The first-order chi connectivity index (χ1) is 7.66. The second-order valence-electron chi connectivity index (χ2n) is 4.17. The fraction of sp³-hybridized carbons (Fsp3) is 0.417. The average molecular weight is 221 g/mol. The van der Waals surface area contributed by atoms with Crippen molar-refractivity contribution in [3.8, 4) is 0 Å². The predicted octanol–water partition coefficient (Wildman–Crippen LogP) is 0.960. The number of nitrogens with two attached hydrogens (primary N) is 1. The highest BCUT2D eigenvalue weighted by Gasteiger charge is 2.19. The smallest absolute Gasteiger partial charge is 0.325 e. The van der Waals surface area contributed by atoms with Crippen LogP contribution < -0.4 is 5.73 Å². The Morgan fingerprint density at radius 3 is 2.50 bits per heavy atom. The first-order valence-corrected chi connectivity index (χ1v) is 5.32. The van der Waals surface area contributed by atoms with Crippen molar-refractivity contribution < 1.29 is 14.6 Å². The zero-order valence-electron chi connectivity index (χ0n) is 8.93. The third-order valence-electron chi connectivity index (χ3n) is 2.84. The predicted molar refractivity (Wildman–Crippen MR) is 59.0 cm³/mol. The van der Waals surface area contributed by atoms with Crippen molar-refractivity contribution in [1.29, 1.82) is 0 Å². The molecule has 0 aromatic heterocycles. The summed E-state index contributed by atoms with van der Waals surface area (Å²) in [5.74, 6) is -0.390. The van der Waals surface area contributed by atoms with E-state index in [-0.39, 0.29) is 0 Å². The van der Waals surface area contributed by atoms with Crippen LogP contribution in [0, 0.1) is 5.92 Å². The summed E-state index contributed by atoms with van der Waals surface area (Å²) < 4.78 is 5.10. The second-order valence-corrected chi connectivity index (χ2v) is 4.17. The summed E-state index contributed by atoms with van der Waals surface area (Å²) in [5.41, 5.74) is 7.35. The molecule has 1 fully saturated rings. The zero-order valence-corrected chi connectivity index (χ0v) is 8.93. The molecule has 3 N–H and O–H groups in total. The average Bonchev–Trinajstić information content (AvgIpc) is 2.23. The van der Waals surface area contributed by atoms with E-state index >= 15 is 0 Å². The van der Waals surface area contributed by atoms with Gasteiger partial charge in [-0.25, -0.2) is 0 Å². The first-order valence-electron chi connectivity index (χ1n) is 5.32. The lowest BCUT2D eigenvalue weighted by atomic mass is 9.96. The minimum Gasteiger partial charge on any atom is -0.480 e. The molecule has 1 aromatic rings. The number of carboxylic acids is 1. The fourth-order valence-corrected chi connectivity index (χ4v) is 1.74. The Hall–Kier alpha value is -1.39. The zero-order chi connectivity index (χ0) is 11.5. The van der Waals surface area contributed by atoms with Gasteiger partial charge in [0.25, 0.3) is 0 Å². The van der Waals surface area contributed by atoms with Crippen LogP contribution in [-0.2, 0) is 16.0 Å². The number of aliphatic carboxylic acids is 1. The minimum atomic E-state index is -1.000. The van der Waals surface area contributed by atoms with Gasteiger partial charge in [0.2, 0.25) is 0 Å². The van der Waals surface area contributed by atoms with E-state index in [0.29, 0.717) is 11.5 Å². The maximum atomic E-state index is 10.7. The minimum absolute atomic E-state index is 0.610. The highest BCUT2D eigenvalue weighted by Crippen LogP contribution is 2.18. The van der Waals surface area contributed by atoms with Crippen LogP contribution in [-0.4, -0.2) is 24.3 Å². The number of rotatable bonds is 4. The van der Waals surface area contributed by atoms with E-state index in [4.69, 9.17) is 15.6 Å². The quantitative estimate of drug-likeness (QED) is 0.794. The molecule has 1 aliphatic heterocycles. The Balaban J connectivity index is 2.00. The number of ether oxygens (including phenoxy) is 1. The van der Waals surface area contributed by atoms with Crippen LogP contribution in [0.15, 0.2) is 24.3 Å². The van der Waals surface area contributed by atoms with Gasteiger partial charge in [-0.15, -0.1) is 0 Å². The standard InChI is InChI=1S/C12H15NO3/c13-11(12(14)15)10-3-1-8(2-4-10)5-9-6-16-7-9/h1-4,9,11H,5-7,13H2,(H,14,15). The van der Waals surface area contributed by atoms with Crippen molar-refractivity contribution in [3.05, 3.63) is 35.4 Å². The van der Waals surface area contributed by atoms with Gasteiger partial charge in [-0.05, 0) is 17.5 Å². The summed E-state index contributed by atoms with van der Waals surface area (Å²) in [6.07, 6.45) is 0.989. The summed E-state index contributed by atoms with van der Waals surface area (Å²) in [6, 6.07) is 6.52. The summed E-state index contributed by atoms with van der Waals surface area (Å²) in [7, 11) is 0. The van der Waals surface area contributed by atoms with E-state index in [1.165, 1.54) is 5.56 Å². The lowest BCUT2D eigenvalue weighted by Gasteiger charge is -2.25. The van der Waals surface area contributed by atoms with Crippen molar-refractivity contribution in [2.45, 2.75) is 12.5 Å². The molecule has 1 heterocycles. The van der Waals surface area contributed by atoms with Gasteiger partial charge in [-0.1, -0.05) is 24.3 Å². The largest absolute Gasteiger partial charge is 0.480 e. The van der Waals surface area contributed by atoms with Gasteiger partial charge in [0.1, 0.15) is 6.04 Å². The molecule has 0 spiro atoms. The van der Waals surface area contributed by atoms with Crippen LogP contribution in [0.2, 0.25) is 0 Å². The summed E-state index contributed by atoms with van der Waals surface area (Å²) >= 11 is 0. The maximum Gasteiger partial charge on any atom is 0.325 e. The van der Waals surface area contributed by atoms with Crippen molar-refractivity contribution >= 4 is 5.97 Å². The molecule has 2 rings (SSSR count). The number of carbonyl (C=O) groups is 1. The lowest BCUT2D eigenvalue weighted by Crippen LogP contribution is -2.29. The van der Waals surface area contributed by atoms with Crippen molar-refractivity contribution in [3.63, 3.8) is 0 Å². The lowest BCUT2D eigenvalue weighted by molar-refractivity contribution is -0.138. The van der Waals surface area contributed by atoms with Crippen LogP contribution in [0.25, 0.3) is 0 Å². The SMILES string of the molecule is NC(C(=O)O)c1ccc(CC2COC2)cc1. The molecule has 0 saturated carbocycles. The molecular weight excluding hydrogens is 206 g/mol. The topological polar surface area (TPSA) is 72.6 Å². The van der Waals surface area contributed by atoms with Gasteiger partial charge in [0.05, 0.1) is 13.2 Å². The third kappa shape index (κ3) is 2.40. The summed E-state index contributed by atoms with van der Waals surface area (Å²) in [5, 5.41) is 8.76. The number of hydrogen-bond donors (Lipinski definition) is 2. The van der Waals surface area contributed by atoms with Crippen molar-refractivity contribution in [2.75, 3.05) is 13.2 Å². The molecular formula is C12H15NO3. The number of benzene rings is 1. The Kier molecular flexibility index (Phi) is 3.22. The van der Waals surface area contributed by atoms with E-state index < -0.39 is 12.0 Å². The van der Waals surface area contributed by atoms with Gasteiger partial charge in [0, 0.05) is 5.92 Å². The molecule has 16 heavy (non-hydrogen) atoms. The molecule has 1 unspecified atom stereocenters. The molecule has 1 atom stereocenters. The summed E-state index contributed by atoms with van der Waals surface area (Å²) in [6.45, 7) is 1.66. The van der Waals surface area contributed by atoms with Crippen molar-refractivity contribution in [1.82, 2.24) is 0 Å². The molecule has 86 valence electrons. The Morgan fingerprint density at radius 2 is 2.06 bits per heavy atom. The molecule has 0 radical (unpaired) electrons. The molecule has 1 aliphatic rings. The van der Waals surface area contributed by atoms with Crippen LogP contribution in [0.3, 0.4) is 0 Å². The van der Waals surface area contributed by atoms with E-state index in [0.717, 1.165) is 19.6 Å².